The first-order valence-corrected chi connectivity index (χ1v) is 11.9. The number of carbonyl (C=O) groups excluding carboxylic acids is 1. The average molecular weight is 527 g/mol. The van der Waals surface area contributed by atoms with Crippen LogP contribution in [-0.2, 0) is 0 Å². The molecule has 36 heavy (non-hydrogen) atoms. The Kier molecular flexibility index (Phi) is 7.04. The minimum atomic E-state index is -0.636. The van der Waals surface area contributed by atoms with E-state index in [9.17, 15) is 9.18 Å². The Bertz CT molecular complexity index is 1430. The fraction of sp³-hybridized carbons (Fsp3) is 0.160. The molecule has 11 heteroatoms. The smallest absolute Gasteiger partial charge is 0.323 e. The number of anilines is 3. The third-order valence-electron chi connectivity index (χ3n) is 5.54. The number of aromatic nitrogens is 2. The van der Waals surface area contributed by atoms with Crippen LogP contribution in [0.2, 0.25) is 10.0 Å². The van der Waals surface area contributed by atoms with Crippen LogP contribution in [0.3, 0.4) is 0 Å². The second-order valence-electron chi connectivity index (χ2n) is 8.07. The zero-order valence-electron chi connectivity index (χ0n) is 18.9. The maximum Gasteiger partial charge on any atom is 0.323 e. The van der Waals surface area contributed by atoms with E-state index < -0.39 is 11.8 Å². The number of halogens is 3. The van der Waals surface area contributed by atoms with E-state index in [-0.39, 0.29) is 11.4 Å². The Labute approximate surface area is 216 Å². The minimum Gasteiger partial charge on any atom is -0.454 e. The summed E-state index contributed by atoms with van der Waals surface area (Å²) in [5.74, 6) is 0.590. The number of amides is 2. The molecule has 2 heterocycles. The van der Waals surface area contributed by atoms with E-state index in [0.717, 1.165) is 32.0 Å². The second kappa shape index (κ2) is 10.5. The van der Waals surface area contributed by atoms with Crippen molar-refractivity contribution in [2.45, 2.75) is 0 Å². The maximum atomic E-state index is 14.8. The van der Waals surface area contributed by atoms with Crippen LogP contribution in [0.5, 0.6) is 11.5 Å². The molecule has 1 fully saturated rings. The Morgan fingerprint density at radius 1 is 0.944 bits per heavy atom. The molecule has 1 aromatic heterocycles. The van der Waals surface area contributed by atoms with Crippen molar-refractivity contribution in [3.63, 3.8) is 0 Å². The molecule has 8 nitrogen and oxygen atoms in total. The van der Waals surface area contributed by atoms with Gasteiger partial charge in [0.05, 0.1) is 27.3 Å². The van der Waals surface area contributed by atoms with Crippen molar-refractivity contribution in [1.29, 1.82) is 0 Å². The summed E-state index contributed by atoms with van der Waals surface area (Å²) in [5, 5.41) is 9.17. The lowest BCUT2D eigenvalue weighted by Gasteiger charge is -2.28. The van der Waals surface area contributed by atoms with Crippen molar-refractivity contribution in [2.75, 3.05) is 41.7 Å². The SMILES string of the molecule is O=C(Nc1ccc(Oc2ccc3ncc(N4CCNCC4)nc3c2)c(F)c1)Nc1ccc(Cl)c(Cl)c1. The predicted octanol–water partition coefficient (Wildman–Crippen LogP) is 5.92. The van der Waals surface area contributed by atoms with E-state index in [2.05, 4.69) is 25.8 Å². The number of benzene rings is 3. The van der Waals surface area contributed by atoms with E-state index in [1.54, 1.807) is 36.5 Å². The highest BCUT2D eigenvalue weighted by atomic mass is 35.5. The highest BCUT2D eigenvalue weighted by Crippen LogP contribution is 2.29. The van der Waals surface area contributed by atoms with Gasteiger partial charge in [0.25, 0.3) is 0 Å². The van der Waals surface area contributed by atoms with Gasteiger partial charge in [0.15, 0.2) is 11.6 Å². The number of nitrogens with zero attached hydrogens (tertiary/aromatic N) is 3. The maximum absolute atomic E-state index is 14.8. The largest absolute Gasteiger partial charge is 0.454 e. The summed E-state index contributed by atoms with van der Waals surface area (Å²) in [5.41, 5.74) is 2.07. The van der Waals surface area contributed by atoms with Crippen LogP contribution in [0.4, 0.5) is 26.4 Å². The third-order valence-corrected chi connectivity index (χ3v) is 6.28. The molecule has 0 radical (unpaired) electrons. The zero-order chi connectivity index (χ0) is 25.1. The van der Waals surface area contributed by atoms with Gasteiger partial charge in [0, 0.05) is 49.7 Å². The Hall–Kier alpha value is -3.66. The van der Waals surface area contributed by atoms with Gasteiger partial charge in [-0.25, -0.2) is 14.2 Å². The van der Waals surface area contributed by atoms with Gasteiger partial charge in [0.1, 0.15) is 11.6 Å². The molecule has 3 N–H and O–H groups in total. The van der Waals surface area contributed by atoms with Gasteiger partial charge in [-0.05, 0) is 42.5 Å². The Morgan fingerprint density at radius 3 is 2.44 bits per heavy atom. The second-order valence-corrected chi connectivity index (χ2v) is 8.89. The molecule has 0 atom stereocenters. The number of urea groups is 1. The Balaban J connectivity index is 1.27. The Morgan fingerprint density at radius 2 is 1.69 bits per heavy atom. The summed E-state index contributed by atoms with van der Waals surface area (Å²) in [4.78, 5) is 23.6. The van der Waals surface area contributed by atoms with Gasteiger partial charge < -0.3 is 25.6 Å². The van der Waals surface area contributed by atoms with E-state index in [0.29, 0.717) is 32.5 Å². The average Bonchev–Trinajstić information content (AvgIpc) is 2.88. The molecule has 4 aromatic rings. The van der Waals surface area contributed by atoms with Crippen molar-refractivity contribution in [3.8, 4) is 11.5 Å². The van der Waals surface area contributed by atoms with Crippen molar-refractivity contribution in [2.24, 2.45) is 0 Å². The van der Waals surface area contributed by atoms with Gasteiger partial charge >= 0.3 is 6.03 Å². The van der Waals surface area contributed by atoms with Crippen LogP contribution in [0.25, 0.3) is 11.0 Å². The van der Waals surface area contributed by atoms with Crippen molar-refractivity contribution >= 4 is 57.5 Å². The van der Waals surface area contributed by atoms with Crippen molar-refractivity contribution in [1.82, 2.24) is 15.3 Å². The summed E-state index contributed by atoms with van der Waals surface area (Å²) in [6.07, 6.45) is 1.76. The molecule has 3 aromatic carbocycles. The van der Waals surface area contributed by atoms with Crippen LogP contribution in [0, 0.1) is 5.82 Å². The van der Waals surface area contributed by atoms with E-state index in [1.165, 1.54) is 24.3 Å². The normalized spacial score (nSPS) is 13.5. The van der Waals surface area contributed by atoms with E-state index in [4.69, 9.17) is 32.9 Å². The molecule has 1 saturated heterocycles. The summed E-state index contributed by atoms with van der Waals surface area (Å²) < 4.78 is 20.5. The molecule has 0 spiro atoms. The zero-order valence-corrected chi connectivity index (χ0v) is 20.4. The first kappa shape index (κ1) is 24.1. The van der Waals surface area contributed by atoms with Gasteiger partial charge in [-0.1, -0.05) is 23.2 Å². The molecule has 2 amide bonds. The standard InChI is InChI=1S/C25H21Cl2FN6O2/c26-18-4-1-15(11-19(18)27)31-25(35)32-16-2-6-23(20(28)12-16)36-17-3-5-21-22(13-17)33-24(14-30-21)34-9-7-29-8-10-34/h1-6,11-14,29H,7-10H2,(H2,31,32,35). The minimum absolute atomic E-state index is 0.0102. The van der Waals surface area contributed by atoms with Gasteiger partial charge in [-0.2, -0.15) is 0 Å². The molecular formula is C25H21Cl2FN6O2. The van der Waals surface area contributed by atoms with Crippen molar-refractivity contribution in [3.05, 3.63) is 76.7 Å². The summed E-state index contributed by atoms with van der Waals surface area (Å²) >= 11 is 11.8. The quantitative estimate of drug-likeness (QED) is 0.299. The lowest BCUT2D eigenvalue weighted by atomic mass is 10.2. The first-order valence-electron chi connectivity index (χ1n) is 11.2. The van der Waals surface area contributed by atoms with Gasteiger partial charge in [-0.15, -0.1) is 0 Å². The molecular weight excluding hydrogens is 506 g/mol. The number of ether oxygens (including phenoxy) is 1. The number of hydrogen-bond acceptors (Lipinski definition) is 6. The number of piperazine rings is 1. The molecule has 0 unspecified atom stereocenters. The van der Waals surface area contributed by atoms with Crippen LogP contribution in [0.15, 0.2) is 60.8 Å². The number of fused-ring (bicyclic) bond motifs is 1. The van der Waals surface area contributed by atoms with E-state index in [1.807, 2.05) is 0 Å². The number of nitrogens with one attached hydrogen (secondary N) is 3. The van der Waals surface area contributed by atoms with Gasteiger partial charge in [0.2, 0.25) is 0 Å². The molecule has 184 valence electrons. The number of hydrogen-bond donors (Lipinski definition) is 3. The number of carbonyl (C=O) groups is 1. The van der Waals surface area contributed by atoms with Crippen molar-refractivity contribution < 1.29 is 13.9 Å². The lowest BCUT2D eigenvalue weighted by molar-refractivity contribution is 0.262. The van der Waals surface area contributed by atoms with Crippen LogP contribution in [0.1, 0.15) is 0 Å². The summed E-state index contributed by atoms with van der Waals surface area (Å²) in [6, 6.07) is 13.5. The summed E-state index contributed by atoms with van der Waals surface area (Å²) in [7, 11) is 0. The van der Waals surface area contributed by atoms with Crippen LogP contribution >= 0.6 is 23.2 Å². The van der Waals surface area contributed by atoms with Gasteiger partial charge in [-0.3, -0.25) is 4.98 Å². The molecule has 0 saturated carbocycles. The van der Waals surface area contributed by atoms with Crippen LogP contribution in [-0.4, -0.2) is 42.2 Å². The van der Waals surface area contributed by atoms with E-state index >= 15 is 0 Å². The highest BCUT2D eigenvalue weighted by molar-refractivity contribution is 6.42. The monoisotopic (exact) mass is 526 g/mol. The fourth-order valence-electron chi connectivity index (χ4n) is 3.75. The fourth-order valence-corrected chi connectivity index (χ4v) is 4.05. The third kappa shape index (κ3) is 5.59. The molecule has 1 aliphatic heterocycles. The molecule has 0 aliphatic carbocycles. The highest BCUT2D eigenvalue weighted by Gasteiger charge is 2.14. The predicted molar refractivity (Wildman–Crippen MR) is 140 cm³/mol. The topological polar surface area (TPSA) is 91.4 Å². The molecule has 5 rings (SSSR count). The van der Waals surface area contributed by atoms with Crippen LogP contribution < -0.4 is 25.6 Å². The lowest BCUT2D eigenvalue weighted by Crippen LogP contribution is -2.43. The molecule has 1 aliphatic rings. The first-order chi connectivity index (χ1) is 17.4. The summed E-state index contributed by atoms with van der Waals surface area (Å²) in [6.45, 7) is 3.50. The molecule has 0 bridgehead atoms. The number of rotatable bonds is 5.